The van der Waals surface area contributed by atoms with E-state index in [-0.39, 0.29) is 53.5 Å². The van der Waals surface area contributed by atoms with Gasteiger partial charge in [0.15, 0.2) is 17.5 Å². The Morgan fingerprint density at radius 1 is 1.00 bits per heavy atom. The van der Waals surface area contributed by atoms with E-state index >= 15 is 8.78 Å². The summed E-state index contributed by atoms with van der Waals surface area (Å²) >= 11 is 0. The quantitative estimate of drug-likeness (QED) is 0.163. The number of piperidine rings is 2. The predicted molar refractivity (Wildman–Crippen MR) is 216 cm³/mol. The molecule has 60 heavy (non-hydrogen) atoms. The van der Waals surface area contributed by atoms with Crippen molar-refractivity contribution >= 4 is 58.1 Å². The van der Waals surface area contributed by atoms with E-state index in [4.69, 9.17) is 4.74 Å². The minimum absolute atomic E-state index is 0.0846. The molecule has 1 atom stereocenters. The fourth-order valence-electron chi connectivity index (χ4n) is 8.01. The van der Waals surface area contributed by atoms with E-state index < -0.39 is 48.0 Å². The van der Waals surface area contributed by atoms with Crippen molar-refractivity contribution in [2.24, 2.45) is 5.92 Å². The fraction of sp³-hybridized carbons (Fsp3) is 0.500. The van der Waals surface area contributed by atoms with Crippen LogP contribution < -0.4 is 40.8 Å². The van der Waals surface area contributed by atoms with Gasteiger partial charge in [0.1, 0.15) is 23.2 Å². The van der Waals surface area contributed by atoms with Crippen LogP contribution in [0.2, 0.25) is 0 Å². The Hall–Kier alpha value is -5.76. The van der Waals surface area contributed by atoms with Crippen LogP contribution in [0, 0.1) is 17.6 Å². The molecule has 0 aliphatic carbocycles. The van der Waals surface area contributed by atoms with Crippen LogP contribution in [0.3, 0.4) is 0 Å². The van der Waals surface area contributed by atoms with Gasteiger partial charge in [-0.05, 0) is 69.4 Å². The summed E-state index contributed by atoms with van der Waals surface area (Å²) < 4.78 is 65.5. The normalized spacial score (nSPS) is 20.4. The summed E-state index contributed by atoms with van der Waals surface area (Å²) in [5, 5.41) is 9.99. The highest BCUT2D eigenvalue weighted by molar-refractivity contribution is 6.02. The zero-order valence-electron chi connectivity index (χ0n) is 33.9. The van der Waals surface area contributed by atoms with Crippen molar-refractivity contribution in [3.8, 4) is 5.75 Å². The number of hydrazine groups is 1. The number of piperazine rings is 1. The Morgan fingerprint density at radius 3 is 2.35 bits per heavy atom. The lowest BCUT2D eigenvalue weighted by molar-refractivity contribution is -0.140. The first-order chi connectivity index (χ1) is 28.6. The van der Waals surface area contributed by atoms with Crippen LogP contribution in [0.1, 0.15) is 49.9 Å². The van der Waals surface area contributed by atoms with Gasteiger partial charge in [-0.3, -0.25) is 34.8 Å². The third kappa shape index (κ3) is 9.18. The van der Waals surface area contributed by atoms with Gasteiger partial charge in [0, 0.05) is 76.6 Å². The second-order valence-corrected chi connectivity index (χ2v) is 15.8. The SMILES string of the molecule is COc1cc(C(=O)NN2CCC(CN3CCN(c4c(F)cc(NC5CCC(=O)NC5=O)cc4F)CC3)CC2)ccc1Nc1ncc2c(n1)N(C(C)C)CC(F)(F)C(=O)N2C. The van der Waals surface area contributed by atoms with Crippen molar-refractivity contribution in [2.75, 3.05) is 91.8 Å². The zero-order chi connectivity index (χ0) is 42.9. The fourth-order valence-corrected chi connectivity index (χ4v) is 8.01. The maximum atomic E-state index is 15.2. The lowest BCUT2D eigenvalue weighted by Crippen LogP contribution is -2.51. The van der Waals surface area contributed by atoms with Crippen molar-refractivity contribution in [1.82, 2.24) is 30.6 Å². The van der Waals surface area contributed by atoms with Crippen LogP contribution in [-0.2, 0) is 14.4 Å². The average molecular weight is 840 g/mol. The number of hydrogen-bond donors (Lipinski definition) is 4. The summed E-state index contributed by atoms with van der Waals surface area (Å²) in [7, 11) is 2.72. The zero-order valence-corrected chi connectivity index (χ0v) is 33.9. The third-order valence-electron chi connectivity index (χ3n) is 11.4. The molecule has 1 unspecified atom stereocenters. The summed E-state index contributed by atoms with van der Waals surface area (Å²) in [6.45, 7) is 6.88. The molecule has 0 bridgehead atoms. The number of imide groups is 1. The number of methoxy groups -OCH3 is 1. The van der Waals surface area contributed by atoms with E-state index in [1.165, 1.54) is 37.4 Å². The number of nitrogens with one attached hydrogen (secondary N) is 4. The highest BCUT2D eigenvalue weighted by atomic mass is 19.3. The molecule has 0 radical (unpaired) electrons. The number of nitrogens with zero attached hydrogens (tertiary/aromatic N) is 7. The molecule has 3 aromatic rings. The molecular formula is C40H49F4N11O5. The molecule has 4 aliphatic rings. The molecule has 1 aromatic heterocycles. The van der Waals surface area contributed by atoms with Crippen molar-refractivity contribution in [3.63, 3.8) is 0 Å². The molecule has 20 heteroatoms. The number of hydrogen-bond acceptors (Lipinski definition) is 13. The Kier molecular flexibility index (Phi) is 12.3. The summed E-state index contributed by atoms with van der Waals surface area (Å²) in [6, 6.07) is 6.05. The molecule has 3 fully saturated rings. The third-order valence-corrected chi connectivity index (χ3v) is 11.4. The molecule has 2 aromatic carbocycles. The van der Waals surface area contributed by atoms with Crippen molar-refractivity contribution in [3.05, 3.63) is 53.7 Å². The molecule has 5 heterocycles. The van der Waals surface area contributed by atoms with Gasteiger partial charge in [0.25, 0.3) is 11.8 Å². The topological polar surface area (TPSA) is 168 Å². The number of carbonyl (C=O) groups is 4. The van der Waals surface area contributed by atoms with Crippen LogP contribution >= 0.6 is 0 Å². The largest absolute Gasteiger partial charge is 0.495 e. The Morgan fingerprint density at radius 2 is 1.70 bits per heavy atom. The van der Waals surface area contributed by atoms with E-state index in [0.717, 1.165) is 24.3 Å². The van der Waals surface area contributed by atoms with E-state index in [0.29, 0.717) is 62.2 Å². The second kappa shape index (κ2) is 17.5. The number of halogens is 4. The molecule has 0 saturated carbocycles. The minimum Gasteiger partial charge on any atom is -0.495 e. The molecule has 4 N–H and O–H groups in total. The smallest absolute Gasteiger partial charge is 0.342 e. The van der Waals surface area contributed by atoms with Gasteiger partial charge in [0.05, 0.1) is 25.5 Å². The van der Waals surface area contributed by atoms with Gasteiger partial charge >= 0.3 is 5.92 Å². The number of aromatic nitrogens is 2. The van der Waals surface area contributed by atoms with E-state index in [1.54, 1.807) is 36.9 Å². The first kappa shape index (κ1) is 42.4. The number of carbonyl (C=O) groups excluding carboxylic acids is 4. The van der Waals surface area contributed by atoms with Crippen LogP contribution in [0.15, 0.2) is 36.5 Å². The molecule has 4 aliphatic heterocycles. The van der Waals surface area contributed by atoms with E-state index in [9.17, 15) is 28.0 Å². The first-order valence-electron chi connectivity index (χ1n) is 20.0. The van der Waals surface area contributed by atoms with Gasteiger partial charge in [-0.1, -0.05) is 0 Å². The number of alkyl halides is 2. The van der Waals surface area contributed by atoms with Gasteiger partial charge in [-0.2, -0.15) is 13.8 Å². The van der Waals surface area contributed by atoms with Gasteiger partial charge < -0.3 is 30.1 Å². The van der Waals surface area contributed by atoms with Crippen LogP contribution in [0.25, 0.3) is 0 Å². The van der Waals surface area contributed by atoms with Crippen molar-refractivity contribution < 1.29 is 41.5 Å². The lowest BCUT2D eigenvalue weighted by atomic mass is 9.96. The van der Waals surface area contributed by atoms with Crippen LogP contribution in [0.4, 0.5) is 52.1 Å². The number of ether oxygens (including phenoxy) is 1. The molecule has 16 nitrogen and oxygen atoms in total. The maximum Gasteiger partial charge on any atom is 0.342 e. The van der Waals surface area contributed by atoms with Crippen LogP contribution in [0.5, 0.6) is 5.75 Å². The number of anilines is 6. The summed E-state index contributed by atoms with van der Waals surface area (Å²) in [6.07, 6.45) is 3.39. The van der Waals surface area contributed by atoms with Crippen molar-refractivity contribution in [1.29, 1.82) is 0 Å². The Balaban J connectivity index is 0.886. The minimum atomic E-state index is -3.62. The van der Waals surface area contributed by atoms with Gasteiger partial charge in [0.2, 0.25) is 17.8 Å². The number of rotatable bonds is 11. The maximum absolute atomic E-state index is 15.2. The van der Waals surface area contributed by atoms with Crippen LogP contribution in [-0.4, -0.2) is 128 Å². The standard InChI is InChI=1S/C40H49F4N11O5/c1-23(2)55-22-40(43,44)38(59)51(3)31-20-45-39(49-35(31)55)47-29-6-5-25(17-32(29)60-4)36(57)50-54-11-9-24(10-12-54)21-52-13-15-53(16-14-52)34-27(41)18-26(19-28(34)42)46-30-7-8-33(56)48-37(30)58/h5-6,17-20,23-24,30,46H,7-16,21-22H2,1-4H3,(H,50,57)(H,45,47,49)(H,48,56,58). The summed E-state index contributed by atoms with van der Waals surface area (Å²) in [5.41, 5.74) is 3.95. The number of benzene rings is 2. The highest BCUT2D eigenvalue weighted by Gasteiger charge is 2.47. The summed E-state index contributed by atoms with van der Waals surface area (Å²) in [4.78, 5) is 64.3. The highest BCUT2D eigenvalue weighted by Crippen LogP contribution is 2.38. The number of fused-ring (bicyclic) bond motifs is 1. The molecular weight excluding hydrogens is 791 g/mol. The molecule has 4 amide bonds. The van der Waals surface area contributed by atoms with E-state index in [1.807, 2.05) is 5.01 Å². The molecule has 322 valence electrons. The Bertz CT molecular complexity index is 2110. The average Bonchev–Trinajstić information content (AvgIpc) is 3.28. The monoisotopic (exact) mass is 839 g/mol. The first-order valence-corrected chi connectivity index (χ1v) is 20.0. The lowest BCUT2D eigenvalue weighted by Gasteiger charge is -2.39. The number of amides is 4. The molecule has 3 saturated heterocycles. The van der Waals surface area contributed by atoms with Gasteiger partial charge in [-0.15, -0.1) is 0 Å². The van der Waals surface area contributed by atoms with E-state index in [2.05, 4.69) is 36.2 Å². The Labute approximate surface area is 344 Å². The second-order valence-electron chi connectivity index (χ2n) is 15.8. The van der Waals surface area contributed by atoms with Gasteiger partial charge in [-0.25, -0.2) is 18.8 Å². The molecule has 0 spiro atoms. The predicted octanol–water partition coefficient (Wildman–Crippen LogP) is 3.73. The summed E-state index contributed by atoms with van der Waals surface area (Å²) in [5.74, 6) is -6.66. The van der Waals surface area contributed by atoms with Crippen molar-refractivity contribution in [2.45, 2.75) is 57.5 Å². The molecule has 7 rings (SSSR count).